The van der Waals surface area contributed by atoms with Crippen molar-refractivity contribution in [2.45, 2.75) is 13.8 Å². The Balaban J connectivity index is 1.69. The Morgan fingerprint density at radius 2 is 1.48 bits per heavy atom. The fourth-order valence-electron chi connectivity index (χ4n) is 3.05. The van der Waals surface area contributed by atoms with Crippen LogP contribution in [0.2, 0.25) is 0 Å². The fraction of sp³-hybridized carbons (Fsp3) is 0.0909. The number of aromatic nitrogens is 2. The summed E-state index contributed by atoms with van der Waals surface area (Å²) in [5.74, 6) is 1.16. The van der Waals surface area contributed by atoms with Gasteiger partial charge in [-0.05, 0) is 42.5 Å². The third kappa shape index (κ3) is 3.40. The van der Waals surface area contributed by atoms with Gasteiger partial charge >= 0.3 is 0 Å². The van der Waals surface area contributed by atoms with Gasteiger partial charge < -0.3 is 16.4 Å². The summed E-state index contributed by atoms with van der Waals surface area (Å²) in [6, 6.07) is 20.5. The highest BCUT2D eigenvalue weighted by Crippen LogP contribution is 2.32. The molecule has 0 aliphatic rings. The lowest BCUT2D eigenvalue weighted by Gasteiger charge is -2.15. The van der Waals surface area contributed by atoms with Gasteiger partial charge in [0.15, 0.2) is 11.6 Å². The second kappa shape index (κ2) is 6.96. The van der Waals surface area contributed by atoms with Crippen LogP contribution in [-0.4, -0.2) is 9.97 Å². The number of rotatable bonds is 4. The van der Waals surface area contributed by atoms with Crippen LogP contribution in [0.4, 0.5) is 28.7 Å². The van der Waals surface area contributed by atoms with E-state index >= 15 is 0 Å². The summed E-state index contributed by atoms with van der Waals surface area (Å²) < 4.78 is 0. The van der Waals surface area contributed by atoms with E-state index in [9.17, 15) is 0 Å². The predicted octanol–water partition coefficient (Wildman–Crippen LogP) is 5.32. The highest BCUT2D eigenvalue weighted by atomic mass is 15.1. The lowest BCUT2D eigenvalue weighted by molar-refractivity contribution is 1.17. The molecule has 0 spiro atoms. The van der Waals surface area contributed by atoms with Gasteiger partial charge in [-0.25, -0.2) is 9.97 Å². The number of fused-ring (bicyclic) bond motifs is 1. The summed E-state index contributed by atoms with van der Waals surface area (Å²) in [7, 11) is 0. The largest absolute Gasteiger partial charge is 0.393 e. The summed E-state index contributed by atoms with van der Waals surface area (Å²) in [6.07, 6.45) is 1.51. The highest BCUT2D eigenvalue weighted by Gasteiger charge is 2.11. The van der Waals surface area contributed by atoms with Crippen LogP contribution in [-0.2, 0) is 0 Å². The van der Waals surface area contributed by atoms with Crippen molar-refractivity contribution in [3.63, 3.8) is 0 Å². The van der Waals surface area contributed by atoms with Gasteiger partial charge in [0.1, 0.15) is 12.0 Å². The minimum absolute atomic E-state index is 0.478. The molecular weight excluding hydrogens is 334 g/mol. The van der Waals surface area contributed by atoms with E-state index in [0.29, 0.717) is 17.3 Å². The van der Waals surface area contributed by atoms with E-state index in [0.717, 1.165) is 27.7 Å². The number of anilines is 5. The smallest absolute Gasteiger partial charge is 0.159 e. The van der Waals surface area contributed by atoms with Crippen molar-refractivity contribution in [1.82, 2.24) is 9.97 Å². The molecule has 0 fully saturated rings. The number of hydrogen-bond acceptors (Lipinski definition) is 5. The van der Waals surface area contributed by atoms with Crippen LogP contribution in [0.1, 0.15) is 11.1 Å². The first-order valence-corrected chi connectivity index (χ1v) is 8.81. The molecule has 27 heavy (non-hydrogen) atoms. The molecule has 1 aromatic heterocycles. The van der Waals surface area contributed by atoms with Crippen LogP contribution >= 0.6 is 0 Å². The molecule has 4 rings (SSSR count). The van der Waals surface area contributed by atoms with Gasteiger partial charge in [-0.2, -0.15) is 0 Å². The van der Waals surface area contributed by atoms with Crippen LogP contribution in [0.5, 0.6) is 0 Å². The molecule has 0 amide bonds. The van der Waals surface area contributed by atoms with Gasteiger partial charge in [0.2, 0.25) is 0 Å². The maximum absolute atomic E-state index is 6.36. The molecule has 4 N–H and O–H groups in total. The lowest BCUT2D eigenvalue weighted by Crippen LogP contribution is -2.06. The van der Waals surface area contributed by atoms with Gasteiger partial charge in [0.25, 0.3) is 0 Å². The van der Waals surface area contributed by atoms with Gasteiger partial charge in [0.05, 0.1) is 0 Å². The van der Waals surface area contributed by atoms with Crippen molar-refractivity contribution >= 4 is 39.5 Å². The normalized spacial score (nSPS) is 10.7. The Bertz CT molecular complexity index is 1120. The maximum atomic E-state index is 6.36. The standard InChI is InChI=1S/C22H21N5/c1-14-10-11-15(2)19(12-14)27-22-20(23)21(24-13-25-22)26-18-9-5-7-16-6-3-4-8-17(16)18/h3-13H,23H2,1-2H3,(H2,24,25,26,27). The van der Waals surface area contributed by atoms with E-state index in [-0.39, 0.29) is 0 Å². The maximum Gasteiger partial charge on any atom is 0.159 e. The van der Waals surface area contributed by atoms with E-state index in [2.05, 4.69) is 70.8 Å². The number of nitrogens with zero attached hydrogens (tertiary/aromatic N) is 2. The second-order valence-electron chi connectivity index (χ2n) is 6.58. The fourth-order valence-corrected chi connectivity index (χ4v) is 3.05. The molecule has 5 heteroatoms. The Labute approximate surface area is 158 Å². The number of hydrogen-bond donors (Lipinski definition) is 3. The predicted molar refractivity (Wildman–Crippen MR) is 113 cm³/mol. The van der Waals surface area contributed by atoms with Crippen molar-refractivity contribution in [3.8, 4) is 0 Å². The van der Waals surface area contributed by atoms with Crippen LogP contribution in [0.25, 0.3) is 10.8 Å². The van der Waals surface area contributed by atoms with Crippen molar-refractivity contribution < 1.29 is 0 Å². The number of nitrogens with two attached hydrogens (primary N) is 1. The third-order valence-corrected chi connectivity index (χ3v) is 4.57. The Morgan fingerprint density at radius 1 is 0.778 bits per heavy atom. The monoisotopic (exact) mass is 355 g/mol. The van der Waals surface area contributed by atoms with Crippen molar-refractivity contribution in [3.05, 3.63) is 78.1 Å². The minimum atomic E-state index is 0.478. The molecule has 0 radical (unpaired) electrons. The Morgan fingerprint density at radius 3 is 2.30 bits per heavy atom. The summed E-state index contributed by atoms with van der Waals surface area (Å²) in [5.41, 5.74) is 11.1. The van der Waals surface area contributed by atoms with E-state index < -0.39 is 0 Å². The van der Waals surface area contributed by atoms with Gasteiger partial charge in [-0.1, -0.05) is 48.5 Å². The molecule has 0 saturated carbocycles. The second-order valence-corrected chi connectivity index (χ2v) is 6.58. The van der Waals surface area contributed by atoms with E-state index in [1.54, 1.807) is 0 Å². The first kappa shape index (κ1) is 16.8. The van der Waals surface area contributed by atoms with Crippen LogP contribution in [0.15, 0.2) is 67.0 Å². The van der Waals surface area contributed by atoms with Crippen LogP contribution in [0, 0.1) is 13.8 Å². The van der Waals surface area contributed by atoms with Gasteiger partial charge in [-0.3, -0.25) is 0 Å². The molecule has 0 saturated heterocycles. The number of nitrogen functional groups attached to an aromatic ring is 1. The SMILES string of the molecule is Cc1ccc(C)c(Nc2ncnc(Nc3cccc4ccccc34)c2N)c1. The molecular formula is C22H21N5. The van der Waals surface area contributed by atoms with Crippen molar-refractivity contribution in [2.75, 3.05) is 16.4 Å². The van der Waals surface area contributed by atoms with Crippen LogP contribution < -0.4 is 16.4 Å². The summed E-state index contributed by atoms with van der Waals surface area (Å²) in [5, 5.41) is 8.95. The zero-order chi connectivity index (χ0) is 18.8. The molecule has 0 aliphatic carbocycles. The number of benzene rings is 3. The van der Waals surface area contributed by atoms with Crippen molar-refractivity contribution in [2.24, 2.45) is 0 Å². The first-order chi connectivity index (χ1) is 13.1. The van der Waals surface area contributed by atoms with Crippen molar-refractivity contribution in [1.29, 1.82) is 0 Å². The van der Waals surface area contributed by atoms with E-state index in [1.165, 1.54) is 11.9 Å². The summed E-state index contributed by atoms with van der Waals surface area (Å²) >= 11 is 0. The van der Waals surface area contributed by atoms with E-state index in [4.69, 9.17) is 5.73 Å². The Kier molecular flexibility index (Phi) is 4.34. The molecule has 4 aromatic rings. The zero-order valence-electron chi connectivity index (χ0n) is 15.3. The quantitative estimate of drug-likeness (QED) is 0.462. The summed E-state index contributed by atoms with van der Waals surface area (Å²) in [6.45, 7) is 4.11. The lowest BCUT2D eigenvalue weighted by atomic mass is 10.1. The molecule has 3 aromatic carbocycles. The molecule has 0 bridgehead atoms. The molecule has 0 atom stereocenters. The zero-order valence-corrected chi connectivity index (χ0v) is 15.3. The molecule has 134 valence electrons. The van der Waals surface area contributed by atoms with Gasteiger partial charge in [0, 0.05) is 16.8 Å². The first-order valence-electron chi connectivity index (χ1n) is 8.81. The molecule has 5 nitrogen and oxygen atoms in total. The average Bonchev–Trinajstić information content (AvgIpc) is 2.68. The van der Waals surface area contributed by atoms with Gasteiger partial charge in [-0.15, -0.1) is 0 Å². The van der Waals surface area contributed by atoms with E-state index in [1.807, 2.05) is 24.3 Å². The topological polar surface area (TPSA) is 75.9 Å². The van der Waals surface area contributed by atoms with Crippen LogP contribution in [0.3, 0.4) is 0 Å². The highest BCUT2D eigenvalue weighted by molar-refractivity contribution is 5.96. The Hall–Kier alpha value is -3.60. The minimum Gasteiger partial charge on any atom is -0.393 e. The molecule has 0 aliphatic heterocycles. The average molecular weight is 355 g/mol. The number of aryl methyl sites for hydroxylation is 2. The summed E-state index contributed by atoms with van der Waals surface area (Å²) in [4.78, 5) is 8.66. The molecule has 0 unspecified atom stereocenters. The third-order valence-electron chi connectivity index (χ3n) is 4.57. The molecule has 1 heterocycles. The number of nitrogens with one attached hydrogen (secondary N) is 2.